The van der Waals surface area contributed by atoms with Gasteiger partial charge in [0.05, 0.1) is 5.56 Å². The van der Waals surface area contributed by atoms with Gasteiger partial charge in [-0.05, 0) is 23.8 Å². The van der Waals surface area contributed by atoms with Crippen molar-refractivity contribution in [2.45, 2.75) is 0 Å². The van der Waals surface area contributed by atoms with Crippen LogP contribution in [0.4, 0.5) is 10.3 Å². The van der Waals surface area contributed by atoms with Gasteiger partial charge in [-0.3, -0.25) is 10.1 Å². The van der Waals surface area contributed by atoms with Gasteiger partial charge < -0.3 is 10.1 Å². The van der Waals surface area contributed by atoms with Crippen LogP contribution in [-0.2, 0) is 4.79 Å². The fraction of sp³-hybridized carbons (Fsp3) is 0. The number of carboxylic acids is 1. The molecule has 102 valence electrons. The van der Waals surface area contributed by atoms with Crippen LogP contribution in [0.1, 0.15) is 15.9 Å². The summed E-state index contributed by atoms with van der Waals surface area (Å²) in [6.07, 6.45) is 5.13. The Morgan fingerprint density at radius 3 is 2.85 bits per heavy atom. The average Bonchev–Trinajstić information content (AvgIpc) is 2.90. The number of amides is 1. The Kier molecular flexibility index (Phi) is 3.90. The highest BCUT2D eigenvalue weighted by Crippen LogP contribution is 2.13. The summed E-state index contributed by atoms with van der Waals surface area (Å²) in [5.74, 6) is -2.32. The monoisotopic (exact) mass is 275 g/mol. The summed E-state index contributed by atoms with van der Waals surface area (Å²) in [4.78, 5) is 28.7. The summed E-state index contributed by atoms with van der Waals surface area (Å²) in [5.41, 5.74) is 0.201. The van der Waals surface area contributed by atoms with Gasteiger partial charge in [-0.1, -0.05) is 6.07 Å². The molecule has 0 aliphatic heterocycles. The molecule has 6 nitrogen and oxygen atoms in total. The number of carbonyl (C=O) groups excluding carboxylic acids is 1. The third-order valence-corrected chi connectivity index (χ3v) is 2.38. The number of nitrogens with one attached hydrogen (secondary N) is 2. The molecule has 1 aromatic heterocycles. The van der Waals surface area contributed by atoms with E-state index >= 15 is 0 Å². The Hall–Kier alpha value is -2.96. The molecule has 1 aromatic carbocycles. The van der Waals surface area contributed by atoms with Crippen LogP contribution in [0.25, 0.3) is 6.08 Å². The number of imidazole rings is 1. The Bertz CT molecular complexity index is 666. The van der Waals surface area contributed by atoms with Crippen LogP contribution in [0.5, 0.6) is 0 Å². The Morgan fingerprint density at radius 2 is 2.20 bits per heavy atom. The van der Waals surface area contributed by atoms with Crippen molar-refractivity contribution in [3.8, 4) is 0 Å². The molecule has 20 heavy (non-hydrogen) atoms. The van der Waals surface area contributed by atoms with E-state index in [9.17, 15) is 14.0 Å². The number of rotatable bonds is 4. The van der Waals surface area contributed by atoms with Crippen molar-refractivity contribution in [3.05, 3.63) is 53.6 Å². The van der Waals surface area contributed by atoms with Gasteiger partial charge >= 0.3 is 5.97 Å². The zero-order valence-electron chi connectivity index (χ0n) is 10.1. The number of carbonyl (C=O) groups is 2. The third kappa shape index (κ3) is 3.29. The van der Waals surface area contributed by atoms with Gasteiger partial charge in [0.2, 0.25) is 5.95 Å². The highest BCUT2D eigenvalue weighted by atomic mass is 19.1. The number of aliphatic carboxylic acids is 1. The van der Waals surface area contributed by atoms with Crippen molar-refractivity contribution in [1.82, 2.24) is 9.97 Å². The number of benzene rings is 1. The second-order valence-corrected chi connectivity index (χ2v) is 3.80. The summed E-state index contributed by atoms with van der Waals surface area (Å²) in [5, 5.41) is 10.9. The third-order valence-electron chi connectivity index (χ3n) is 2.38. The second kappa shape index (κ2) is 5.79. The van der Waals surface area contributed by atoms with Crippen LogP contribution in [0.3, 0.4) is 0 Å². The van der Waals surface area contributed by atoms with E-state index < -0.39 is 17.7 Å². The summed E-state index contributed by atoms with van der Waals surface area (Å²) in [7, 11) is 0. The fourth-order valence-electron chi connectivity index (χ4n) is 1.50. The molecule has 0 saturated carbocycles. The molecule has 2 rings (SSSR count). The van der Waals surface area contributed by atoms with Gasteiger partial charge in [-0.2, -0.15) is 0 Å². The van der Waals surface area contributed by atoms with E-state index in [1.807, 2.05) is 0 Å². The van der Waals surface area contributed by atoms with Gasteiger partial charge in [0.25, 0.3) is 5.91 Å². The van der Waals surface area contributed by atoms with E-state index in [1.54, 1.807) is 0 Å². The second-order valence-electron chi connectivity index (χ2n) is 3.80. The quantitative estimate of drug-likeness (QED) is 0.742. The highest BCUT2D eigenvalue weighted by Gasteiger charge is 2.13. The molecule has 0 unspecified atom stereocenters. The molecule has 7 heteroatoms. The maximum absolute atomic E-state index is 13.6. The van der Waals surface area contributed by atoms with E-state index in [1.165, 1.54) is 30.6 Å². The number of H-pyrrole nitrogens is 1. The number of aromatic amines is 1. The first-order valence-corrected chi connectivity index (χ1v) is 5.57. The molecule has 0 radical (unpaired) electrons. The molecule has 3 N–H and O–H groups in total. The van der Waals surface area contributed by atoms with Crippen LogP contribution in [0.2, 0.25) is 0 Å². The summed E-state index contributed by atoms with van der Waals surface area (Å²) in [6.45, 7) is 0. The lowest BCUT2D eigenvalue weighted by atomic mass is 10.1. The molecule has 1 amide bonds. The number of anilines is 1. The number of nitrogens with zero attached hydrogens (tertiary/aromatic N) is 1. The number of carboxylic acid groups (broad SMARTS) is 1. The average molecular weight is 275 g/mol. The first-order valence-electron chi connectivity index (χ1n) is 5.57. The Balaban J connectivity index is 2.24. The predicted molar refractivity (Wildman–Crippen MR) is 69.6 cm³/mol. The fourth-order valence-corrected chi connectivity index (χ4v) is 1.50. The minimum Gasteiger partial charge on any atom is -0.478 e. The predicted octanol–water partition coefficient (Wildman–Crippen LogP) is 1.90. The smallest absolute Gasteiger partial charge is 0.328 e. The van der Waals surface area contributed by atoms with Crippen molar-refractivity contribution in [2.75, 3.05) is 5.32 Å². The van der Waals surface area contributed by atoms with E-state index in [-0.39, 0.29) is 11.5 Å². The molecule has 1 heterocycles. The molecule has 0 bridgehead atoms. The highest BCUT2D eigenvalue weighted by molar-refractivity contribution is 6.04. The zero-order chi connectivity index (χ0) is 14.5. The van der Waals surface area contributed by atoms with Crippen molar-refractivity contribution in [3.63, 3.8) is 0 Å². The molecule has 0 aliphatic rings. The van der Waals surface area contributed by atoms with E-state index in [0.29, 0.717) is 5.56 Å². The molecule has 0 spiro atoms. The minimum atomic E-state index is -1.13. The lowest BCUT2D eigenvalue weighted by Gasteiger charge is -2.04. The van der Waals surface area contributed by atoms with E-state index in [4.69, 9.17) is 5.11 Å². The Labute approximate surface area is 113 Å². The molecule has 0 fully saturated rings. The van der Waals surface area contributed by atoms with Crippen LogP contribution in [-0.4, -0.2) is 27.0 Å². The molecule has 0 atom stereocenters. The lowest BCUT2D eigenvalue weighted by molar-refractivity contribution is -0.131. The van der Waals surface area contributed by atoms with Gasteiger partial charge in [0, 0.05) is 18.5 Å². The first kappa shape index (κ1) is 13.5. The van der Waals surface area contributed by atoms with Crippen molar-refractivity contribution < 1.29 is 19.1 Å². The minimum absolute atomic E-state index is 0.195. The van der Waals surface area contributed by atoms with Crippen molar-refractivity contribution in [2.24, 2.45) is 0 Å². The number of hydrogen-bond donors (Lipinski definition) is 3. The largest absolute Gasteiger partial charge is 0.478 e. The molecular formula is C13H10FN3O3. The van der Waals surface area contributed by atoms with Crippen LogP contribution >= 0.6 is 0 Å². The summed E-state index contributed by atoms with van der Waals surface area (Å²) < 4.78 is 13.6. The van der Waals surface area contributed by atoms with Crippen LogP contribution in [0.15, 0.2) is 36.7 Å². The number of aromatic nitrogens is 2. The van der Waals surface area contributed by atoms with E-state index in [0.717, 1.165) is 12.1 Å². The SMILES string of the molecule is O=C(O)C=Cc1ccc(F)c(C(=O)Nc2ncc[nH]2)c1. The van der Waals surface area contributed by atoms with Crippen molar-refractivity contribution in [1.29, 1.82) is 0 Å². The lowest BCUT2D eigenvalue weighted by Crippen LogP contribution is -2.14. The number of hydrogen-bond acceptors (Lipinski definition) is 3. The van der Waals surface area contributed by atoms with Gasteiger partial charge in [0.15, 0.2) is 0 Å². The zero-order valence-corrected chi connectivity index (χ0v) is 10.1. The maximum Gasteiger partial charge on any atom is 0.328 e. The summed E-state index contributed by atoms with van der Waals surface area (Å²) in [6, 6.07) is 3.73. The van der Waals surface area contributed by atoms with Crippen LogP contribution in [0, 0.1) is 5.82 Å². The molecule has 2 aromatic rings. The van der Waals surface area contributed by atoms with E-state index in [2.05, 4.69) is 15.3 Å². The topological polar surface area (TPSA) is 95.1 Å². The number of halogens is 1. The standard InChI is InChI=1S/C13H10FN3O3/c14-10-3-1-8(2-4-11(18)19)7-9(10)12(20)17-13-15-5-6-16-13/h1-7H,(H,18,19)(H2,15,16,17,20). The first-order chi connectivity index (χ1) is 9.56. The molecular weight excluding hydrogens is 265 g/mol. The van der Waals surface area contributed by atoms with Gasteiger partial charge in [-0.25, -0.2) is 14.2 Å². The van der Waals surface area contributed by atoms with Gasteiger partial charge in [0.1, 0.15) is 5.82 Å². The molecule has 0 saturated heterocycles. The summed E-state index contributed by atoms with van der Waals surface area (Å²) >= 11 is 0. The van der Waals surface area contributed by atoms with Gasteiger partial charge in [-0.15, -0.1) is 0 Å². The maximum atomic E-state index is 13.6. The molecule has 0 aliphatic carbocycles. The normalized spacial score (nSPS) is 10.7. The van der Waals surface area contributed by atoms with Crippen LogP contribution < -0.4 is 5.32 Å². The van der Waals surface area contributed by atoms with Crippen molar-refractivity contribution >= 4 is 23.9 Å². The Morgan fingerprint density at radius 1 is 1.40 bits per heavy atom.